The van der Waals surface area contributed by atoms with Gasteiger partial charge in [0.25, 0.3) is 5.91 Å². The number of nitrogens with one attached hydrogen (secondary N) is 3. The van der Waals surface area contributed by atoms with E-state index in [0.29, 0.717) is 11.6 Å². The molecule has 0 saturated carbocycles. The van der Waals surface area contributed by atoms with Gasteiger partial charge in [-0.15, -0.1) is 0 Å². The largest absolute Gasteiger partial charge is 0.357 e. The van der Waals surface area contributed by atoms with E-state index >= 15 is 0 Å². The molecule has 1 fully saturated rings. The molecule has 2 rings (SSSR count). The Morgan fingerprint density at radius 2 is 2.15 bits per heavy atom. The average molecular weight is 374 g/mol. The van der Waals surface area contributed by atoms with E-state index in [1.807, 2.05) is 18.2 Å². The lowest BCUT2D eigenvalue weighted by molar-refractivity contribution is 0.0963. The normalized spacial score (nSPS) is 18.2. The Labute approximate surface area is 163 Å². The van der Waals surface area contributed by atoms with Crippen LogP contribution < -0.4 is 16.0 Å². The first-order valence-corrected chi connectivity index (χ1v) is 10.2. The second-order valence-electron chi connectivity index (χ2n) is 7.10. The van der Waals surface area contributed by atoms with Crippen LogP contribution in [0.4, 0.5) is 0 Å². The first-order valence-electron chi connectivity index (χ1n) is 10.2. The van der Waals surface area contributed by atoms with Crippen molar-refractivity contribution in [3.63, 3.8) is 0 Å². The zero-order valence-electron chi connectivity index (χ0n) is 17.1. The smallest absolute Gasteiger partial charge is 0.251 e. The van der Waals surface area contributed by atoms with Gasteiger partial charge < -0.3 is 16.0 Å². The summed E-state index contributed by atoms with van der Waals surface area (Å²) >= 11 is 0. The van der Waals surface area contributed by atoms with Crippen LogP contribution in [0.25, 0.3) is 0 Å². The Kier molecular flexibility index (Phi) is 9.11. The molecular formula is C21H35N5O. The Morgan fingerprint density at radius 1 is 1.30 bits per heavy atom. The maximum atomic E-state index is 11.7. The van der Waals surface area contributed by atoms with E-state index in [-0.39, 0.29) is 5.91 Å². The third kappa shape index (κ3) is 7.21. The lowest BCUT2D eigenvalue weighted by Crippen LogP contribution is -2.41. The summed E-state index contributed by atoms with van der Waals surface area (Å²) in [6.45, 7) is 9.05. The predicted octanol–water partition coefficient (Wildman–Crippen LogP) is 2.02. The van der Waals surface area contributed by atoms with Crippen LogP contribution >= 0.6 is 0 Å². The highest BCUT2D eigenvalue weighted by molar-refractivity contribution is 5.94. The lowest BCUT2D eigenvalue weighted by atomic mass is 10.0. The first kappa shape index (κ1) is 21.2. The van der Waals surface area contributed by atoms with Gasteiger partial charge in [0, 0.05) is 38.3 Å². The second kappa shape index (κ2) is 11.6. The highest BCUT2D eigenvalue weighted by Gasteiger charge is 2.17. The van der Waals surface area contributed by atoms with Crippen LogP contribution in [0.1, 0.15) is 49.0 Å². The van der Waals surface area contributed by atoms with Gasteiger partial charge >= 0.3 is 0 Å². The maximum absolute atomic E-state index is 11.7. The molecule has 1 atom stereocenters. The predicted molar refractivity (Wildman–Crippen MR) is 112 cm³/mol. The number of hydrogen-bond donors (Lipinski definition) is 3. The average Bonchev–Trinajstić information content (AvgIpc) is 2.69. The van der Waals surface area contributed by atoms with Gasteiger partial charge in [-0.1, -0.05) is 18.6 Å². The minimum atomic E-state index is -0.0494. The number of hydrogen-bond acceptors (Lipinski definition) is 3. The number of carbonyl (C=O) groups is 1. The number of guanidine groups is 1. The molecule has 6 heteroatoms. The fourth-order valence-corrected chi connectivity index (χ4v) is 3.46. The summed E-state index contributed by atoms with van der Waals surface area (Å²) in [5.74, 6) is 0.816. The molecule has 1 aromatic rings. The van der Waals surface area contributed by atoms with Crippen LogP contribution in [-0.2, 0) is 6.42 Å². The highest BCUT2D eigenvalue weighted by Crippen LogP contribution is 2.15. The van der Waals surface area contributed by atoms with E-state index in [4.69, 9.17) is 4.99 Å². The van der Waals surface area contributed by atoms with Gasteiger partial charge in [0.2, 0.25) is 0 Å². The SMILES string of the molecule is CCNC(=NCCN1CCCCC1C)NCCc1cccc(C(=O)NC)c1. The molecule has 1 aliphatic heterocycles. The van der Waals surface area contributed by atoms with Crippen LogP contribution in [0.15, 0.2) is 29.3 Å². The Hall–Kier alpha value is -2.08. The molecule has 0 spiro atoms. The molecule has 1 unspecified atom stereocenters. The molecule has 27 heavy (non-hydrogen) atoms. The molecule has 1 saturated heterocycles. The highest BCUT2D eigenvalue weighted by atomic mass is 16.1. The van der Waals surface area contributed by atoms with Gasteiger partial charge in [0.05, 0.1) is 6.54 Å². The molecule has 0 aromatic heterocycles. The van der Waals surface area contributed by atoms with E-state index in [0.717, 1.165) is 44.1 Å². The number of piperidine rings is 1. The maximum Gasteiger partial charge on any atom is 0.251 e. The van der Waals surface area contributed by atoms with Gasteiger partial charge in [-0.3, -0.25) is 14.7 Å². The van der Waals surface area contributed by atoms with Gasteiger partial charge in [-0.25, -0.2) is 0 Å². The molecular weight excluding hydrogens is 338 g/mol. The summed E-state index contributed by atoms with van der Waals surface area (Å²) in [5, 5.41) is 9.38. The zero-order chi connectivity index (χ0) is 19.5. The number of nitrogens with zero attached hydrogens (tertiary/aromatic N) is 2. The molecule has 1 aliphatic rings. The summed E-state index contributed by atoms with van der Waals surface area (Å²) in [7, 11) is 1.65. The van der Waals surface area contributed by atoms with Crippen molar-refractivity contribution in [1.29, 1.82) is 0 Å². The standard InChI is InChI=1S/C21H35N5O/c1-4-23-21(25-13-15-26-14-6-5-8-17(26)2)24-12-11-18-9-7-10-19(16-18)20(27)22-3/h7,9-10,16-17H,4-6,8,11-15H2,1-3H3,(H,22,27)(H2,23,24,25). The van der Waals surface area contributed by atoms with Crippen molar-refractivity contribution in [3.8, 4) is 0 Å². The number of rotatable bonds is 8. The van der Waals surface area contributed by atoms with Crippen LogP contribution in [0, 0.1) is 0 Å². The number of aliphatic imine (C=N–C) groups is 1. The molecule has 0 aliphatic carbocycles. The molecule has 150 valence electrons. The van der Waals surface area contributed by atoms with E-state index in [2.05, 4.69) is 40.8 Å². The third-order valence-corrected chi connectivity index (χ3v) is 5.06. The number of carbonyl (C=O) groups excluding carboxylic acids is 1. The van der Waals surface area contributed by atoms with Crippen LogP contribution in [0.3, 0.4) is 0 Å². The molecule has 3 N–H and O–H groups in total. The van der Waals surface area contributed by atoms with Gasteiger partial charge in [-0.2, -0.15) is 0 Å². The molecule has 1 heterocycles. The van der Waals surface area contributed by atoms with Gasteiger partial charge in [0.15, 0.2) is 5.96 Å². The summed E-state index contributed by atoms with van der Waals surface area (Å²) in [5.41, 5.74) is 1.84. The van der Waals surface area contributed by atoms with Crippen LogP contribution in [-0.4, -0.2) is 62.6 Å². The number of benzene rings is 1. The van der Waals surface area contributed by atoms with Crippen molar-refractivity contribution in [2.75, 3.05) is 39.8 Å². The molecule has 0 bridgehead atoms. The monoisotopic (exact) mass is 373 g/mol. The third-order valence-electron chi connectivity index (χ3n) is 5.06. The van der Waals surface area contributed by atoms with Crippen LogP contribution in [0.2, 0.25) is 0 Å². The van der Waals surface area contributed by atoms with E-state index in [1.165, 1.54) is 25.8 Å². The number of likely N-dealkylation sites (tertiary alicyclic amines) is 1. The summed E-state index contributed by atoms with van der Waals surface area (Å²) in [6, 6.07) is 8.44. The van der Waals surface area contributed by atoms with Crippen molar-refractivity contribution in [1.82, 2.24) is 20.9 Å². The quantitative estimate of drug-likeness (QED) is 0.482. The van der Waals surface area contributed by atoms with Crippen molar-refractivity contribution >= 4 is 11.9 Å². The minimum absolute atomic E-state index is 0.0494. The molecule has 1 aromatic carbocycles. The lowest BCUT2D eigenvalue weighted by Gasteiger charge is -2.32. The second-order valence-corrected chi connectivity index (χ2v) is 7.10. The van der Waals surface area contributed by atoms with Crippen LogP contribution in [0.5, 0.6) is 0 Å². The summed E-state index contributed by atoms with van der Waals surface area (Å²) in [6.07, 6.45) is 4.81. The summed E-state index contributed by atoms with van der Waals surface area (Å²) in [4.78, 5) is 19.0. The topological polar surface area (TPSA) is 68.8 Å². The van der Waals surface area contributed by atoms with Crippen molar-refractivity contribution in [2.45, 2.75) is 45.6 Å². The Bertz CT molecular complexity index is 616. The van der Waals surface area contributed by atoms with Crippen molar-refractivity contribution in [2.24, 2.45) is 4.99 Å². The van der Waals surface area contributed by atoms with E-state index in [9.17, 15) is 4.79 Å². The van der Waals surface area contributed by atoms with Gasteiger partial charge in [0.1, 0.15) is 0 Å². The summed E-state index contributed by atoms with van der Waals surface area (Å²) < 4.78 is 0. The first-order chi connectivity index (χ1) is 13.1. The molecule has 0 radical (unpaired) electrons. The minimum Gasteiger partial charge on any atom is -0.357 e. The fraction of sp³-hybridized carbons (Fsp3) is 0.619. The molecule has 6 nitrogen and oxygen atoms in total. The van der Waals surface area contributed by atoms with Crippen molar-refractivity contribution in [3.05, 3.63) is 35.4 Å². The zero-order valence-corrected chi connectivity index (χ0v) is 17.1. The van der Waals surface area contributed by atoms with E-state index in [1.54, 1.807) is 7.05 Å². The Balaban J connectivity index is 1.80. The van der Waals surface area contributed by atoms with Crippen molar-refractivity contribution < 1.29 is 4.79 Å². The molecule has 1 amide bonds. The number of amides is 1. The van der Waals surface area contributed by atoms with Gasteiger partial charge in [-0.05, 0) is 57.4 Å². The Morgan fingerprint density at radius 3 is 2.89 bits per heavy atom. The van der Waals surface area contributed by atoms with E-state index < -0.39 is 0 Å². The fourth-order valence-electron chi connectivity index (χ4n) is 3.46.